The van der Waals surface area contributed by atoms with Gasteiger partial charge in [-0.25, -0.2) is 9.97 Å². The van der Waals surface area contributed by atoms with Crippen LogP contribution in [0.3, 0.4) is 0 Å². The topological polar surface area (TPSA) is 101 Å². The second-order valence-corrected chi connectivity index (χ2v) is 9.87. The lowest BCUT2D eigenvalue weighted by atomic mass is 10.1. The van der Waals surface area contributed by atoms with Crippen molar-refractivity contribution in [2.75, 3.05) is 11.9 Å². The molecule has 0 aliphatic carbocycles. The molecule has 0 spiro atoms. The van der Waals surface area contributed by atoms with Crippen LogP contribution in [0.4, 0.5) is 24.7 Å². The molecule has 8 nitrogen and oxygen atoms in total. The summed E-state index contributed by atoms with van der Waals surface area (Å²) in [5.74, 6) is 0.570. The quantitative estimate of drug-likeness (QED) is 0.256. The van der Waals surface area contributed by atoms with Crippen molar-refractivity contribution in [2.24, 2.45) is 0 Å². The molecule has 0 unspecified atom stereocenters. The SMILES string of the molecule is CC(C)(C)NC(=O)c1cccc(Oc2ccc(Nc3ncnc4cc(C(F)(F)F)n(CCO)c34)cc2Cl)c1. The van der Waals surface area contributed by atoms with Crippen LogP contribution < -0.4 is 15.4 Å². The van der Waals surface area contributed by atoms with Crippen molar-refractivity contribution in [2.45, 2.75) is 39.0 Å². The Morgan fingerprint density at radius 2 is 1.87 bits per heavy atom. The van der Waals surface area contributed by atoms with E-state index in [0.29, 0.717) is 22.7 Å². The molecule has 0 saturated carbocycles. The smallest absolute Gasteiger partial charge is 0.431 e. The van der Waals surface area contributed by atoms with E-state index < -0.39 is 24.0 Å². The molecular formula is C26H25ClF3N5O3. The number of amides is 1. The van der Waals surface area contributed by atoms with Crippen molar-refractivity contribution in [3.8, 4) is 11.5 Å². The number of carbonyl (C=O) groups is 1. The Balaban J connectivity index is 1.59. The van der Waals surface area contributed by atoms with Crippen LogP contribution >= 0.6 is 11.6 Å². The summed E-state index contributed by atoms with van der Waals surface area (Å²) in [6.45, 7) is 4.85. The largest absolute Gasteiger partial charge is 0.456 e. The number of carbonyl (C=O) groups excluding carboxylic acids is 1. The molecule has 0 aliphatic rings. The number of fused-ring (bicyclic) bond motifs is 1. The Morgan fingerprint density at radius 1 is 1.11 bits per heavy atom. The summed E-state index contributed by atoms with van der Waals surface area (Å²) in [6.07, 6.45) is -3.49. The fourth-order valence-electron chi connectivity index (χ4n) is 3.79. The second-order valence-electron chi connectivity index (χ2n) is 9.46. The number of aliphatic hydroxyl groups excluding tert-OH is 1. The van der Waals surface area contributed by atoms with Gasteiger partial charge in [-0.15, -0.1) is 0 Å². The van der Waals surface area contributed by atoms with Crippen LogP contribution in [0, 0.1) is 0 Å². The first kappa shape index (κ1) is 27.2. The molecule has 0 saturated heterocycles. The van der Waals surface area contributed by atoms with Crippen LogP contribution in [0.25, 0.3) is 11.0 Å². The number of alkyl halides is 3. The summed E-state index contributed by atoms with van der Waals surface area (Å²) in [4.78, 5) is 20.5. The van der Waals surface area contributed by atoms with E-state index in [9.17, 15) is 23.1 Å². The molecule has 3 N–H and O–H groups in total. The van der Waals surface area contributed by atoms with Crippen molar-refractivity contribution in [3.63, 3.8) is 0 Å². The van der Waals surface area contributed by atoms with Crippen molar-refractivity contribution < 1.29 is 27.8 Å². The van der Waals surface area contributed by atoms with Gasteiger partial charge in [-0.2, -0.15) is 13.2 Å². The molecule has 0 aliphatic heterocycles. The third-order valence-electron chi connectivity index (χ3n) is 5.31. The Labute approximate surface area is 221 Å². The van der Waals surface area contributed by atoms with Gasteiger partial charge in [0.1, 0.15) is 29.0 Å². The van der Waals surface area contributed by atoms with Crippen molar-refractivity contribution >= 4 is 40.0 Å². The second kappa shape index (κ2) is 10.5. The first-order valence-electron chi connectivity index (χ1n) is 11.5. The Hall–Kier alpha value is -3.83. The number of hydrogen-bond acceptors (Lipinski definition) is 6. The molecule has 2 aromatic carbocycles. The third-order valence-corrected chi connectivity index (χ3v) is 5.60. The van der Waals surface area contributed by atoms with Crippen LogP contribution in [0.2, 0.25) is 5.02 Å². The highest BCUT2D eigenvalue weighted by atomic mass is 35.5. The minimum atomic E-state index is -4.64. The van der Waals surface area contributed by atoms with Gasteiger partial charge in [-0.3, -0.25) is 4.79 Å². The standard InChI is InChI=1S/C26H25ClF3N5O3/c1-25(2,3)34-24(37)15-5-4-6-17(11-15)38-20-8-7-16(12-18(20)27)33-23-22-19(31-14-32-23)13-21(26(28,29)30)35(22)9-10-36/h4-8,11-14,36H,9-10H2,1-3H3,(H,34,37)(H,31,32,33). The van der Waals surface area contributed by atoms with Crippen molar-refractivity contribution in [1.29, 1.82) is 0 Å². The van der Waals surface area contributed by atoms with Crippen molar-refractivity contribution in [3.05, 3.63) is 71.1 Å². The van der Waals surface area contributed by atoms with Gasteiger partial charge in [0.25, 0.3) is 5.91 Å². The van der Waals surface area contributed by atoms with E-state index >= 15 is 0 Å². The fraction of sp³-hybridized carbons (Fsp3) is 0.269. The minimum absolute atomic E-state index is 0.0738. The van der Waals surface area contributed by atoms with Gasteiger partial charge < -0.3 is 25.0 Å². The molecule has 200 valence electrons. The summed E-state index contributed by atoms with van der Waals surface area (Å²) in [6, 6.07) is 12.3. The highest BCUT2D eigenvalue weighted by Crippen LogP contribution is 2.37. The summed E-state index contributed by atoms with van der Waals surface area (Å²) < 4.78 is 47.5. The summed E-state index contributed by atoms with van der Waals surface area (Å²) >= 11 is 6.43. The van der Waals surface area contributed by atoms with E-state index in [1.807, 2.05) is 20.8 Å². The maximum Gasteiger partial charge on any atom is 0.431 e. The molecule has 2 aromatic heterocycles. The van der Waals surface area contributed by atoms with Gasteiger partial charge in [0.15, 0.2) is 5.82 Å². The average molecular weight is 548 g/mol. The molecule has 2 heterocycles. The first-order valence-corrected chi connectivity index (χ1v) is 11.9. The lowest BCUT2D eigenvalue weighted by molar-refractivity contribution is -0.143. The number of rotatable bonds is 7. The zero-order valence-electron chi connectivity index (χ0n) is 20.7. The molecule has 4 rings (SSSR count). The molecule has 0 radical (unpaired) electrons. The zero-order valence-corrected chi connectivity index (χ0v) is 21.5. The average Bonchev–Trinajstić information content (AvgIpc) is 3.20. The Bertz CT molecular complexity index is 1480. The van der Waals surface area contributed by atoms with E-state index in [4.69, 9.17) is 16.3 Å². The zero-order chi connectivity index (χ0) is 27.7. The van der Waals surface area contributed by atoms with Gasteiger partial charge in [-0.1, -0.05) is 17.7 Å². The highest BCUT2D eigenvalue weighted by Gasteiger charge is 2.36. The molecule has 0 fully saturated rings. The Morgan fingerprint density at radius 3 is 2.53 bits per heavy atom. The van der Waals surface area contributed by atoms with E-state index in [1.165, 1.54) is 6.07 Å². The molecule has 0 atom stereocenters. The maximum absolute atomic E-state index is 13.6. The Kier molecular flexibility index (Phi) is 7.52. The number of ether oxygens (including phenoxy) is 1. The van der Waals surface area contributed by atoms with E-state index in [2.05, 4.69) is 20.6 Å². The number of benzene rings is 2. The summed E-state index contributed by atoms with van der Waals surface area (Å²) in [5.41, 5.74) is -0.316. The van der Waals surface area contributed by atoms with E-state index in [1.54, 1.807) is 36.4 Å². The number of aromatic nitrogens is 3. The van der Waals surface area contributed by atoms with Gasteiger partial charge in [0.05, 0.1) is 17.1 Å². The van der Waals surface area contributed by atoms with Crippen LogP contribution in [0.5, 0.6) is 11.5 Å². The molecule has 1 amide bonds. The van der Waals surface area contributed by atoms with Crippen molar-refractivity contribution in [1.82, 2.24) is 19.9 Å². The maximum atomic E-state index is 13.6. The highest BCUT2D eigenvalue weighted by molar-refractivity contribution is 6.32. The molecule has 38 heavy (non-hydrogen) atoms. The number of aliphatic hydroxyl groups is 1. The van der Waals surface area contributed by atoms with E-state index in [0.717, 1.165) is 17.0 Å². The lowest BCUT2D eigenvalue weighted by Crippen LogP contribution is -2.40. The molecule has 0 bridgehead atoms. The number of nitrogens with zero attached hydrogens (tertiary/aromatic N) is 3. The number of anilines is 2. The predicted octanol–water partition coefficient (Wildman–Crippen LogP) is 6.16. The molecule has 4 aromatic rings. The number of halogens is 4. The summed E-state index contributed by atoms with van der Waals surface area (Å²) in [7, 11) is 0. The molecule has 12 heteroatoms. The third kappa shape index (κ3) is 6.17. The van der Waals surface area contributed by atoms with Gasteiger partial charge in [0, 0.05) is 23.3 Å². The van der Waals surface area contributed by atoms with Gasteiger partial charge in [-0.05, 0) is 63.2 Å². The monoisotopic (exact) mass is 547 g/mol. The van der Waals surface area contributed by atoms with Crippen LogP contribution in [-0.2, 0) is 12.7 Å². The van der Waals surface area contributed by atoms with Gasteiger partial charge >= 0.3 is 6.18 Å². The van der Waals surface area contributed by atoms with E-state index in [-0.39, 0.29) is 34.3 Å². The first-order chi connectivity index (χ1) is 17.9. The number of hydrogen-bond donors (Lipinski definition) is 3. The van der Waals surface area contributed by atoms with Crippen LogP contribution in [0.15, 0.2) is 54.9 Å². The molecular weight excluding hydrogens is 523 g/mol. The fourth-order valence-corrected chi connectivity index (χ4v) is 4.01. The summed E-state index contributed by atoms with van der Waals surface area (Å²) in [5, 5.41) is 15.4. The minimum Gasteiger partial charge on any atom is -0.456 e. The van der Waals surface area contributed by atoms with Crippen LogP contribution in [-0.4, -0.2) is 37.7 Å². The normalized spacial score (nSPS) is 12.0. The van der Waals surface area contributed by atoms with Crippen LogP contribution in [0.1, 0.15) is 36.8 Å². The van der Waals surface area contributed by atoms with Gasteiger partial charge in [0.2, 0.25) is 0 Å². The number of nitrogens with one attached hydrogen (secondary N) is 2. The lowest BCUT2D eigenvalue weighted by Gasteiger charge is -2.20. The predicted molar refractivity (Wildman–Crippen MR) is 138 cm³/mol.